The SMILES string of the molecule is CCn1cc(C(=O)N2CCC(CCc3noc(-c4cccnc4)n3)C2)cn1. The number of rotatable bonds is 6. The number of carbonyl (C=O) groups excluding carboxylic acids is 1. The minimum atomic E-state index is 0.0654. The molecule has 140 valence electrons. The summed E-state index contributed by atoms with van der Waals surface area (Å²) in [6, 6.07) is 3.74. The number of likely N-dealkylation sites (tertiary alicyclic amines) is 1. The smallest absolute Gasteiger partial charge is 0.259 e. The second kappa shape index (κ2) is 7.69. The van der Waals surface area contributed by atoms with Crippen LogP contribution in [-0.4, -0.2) is 48.8 Å². The van der Waals surface area contributed by atoms with Crippen molar-refractivity contribution in [2.45, 2.75) is 32.7 Å². The Hall–Kier alpha value is -3.03. The lowest BCUT2D eigenvalue weighted by Crippen LogP contribution is -2.28. The molecule has 0 aromatic carbocycles. The molecule has 1 fully saturated rings. The molecule has 1 amide bonds. The van der Waals surface area contributed by atoms with Gasteiger partial charge in [-0.1, -0.05) is 5.16 Å². The van der Waals surface area contributed by atoms with E-state index in [1.54, 1.807) is 23.3 Å². The van der Waals surface area contributed by atoms with Gasteiger partial charge in [0.1, 0.15) is 0 Å². The normalized spacial score (nSPS) is 16.8. The number of amides is 1. The quantitative estimate of drug-likeness (QED) is 0.666. The third kappa shape index (κ3) is 3.89. The molecule has 0 bridgehead atoms. The van der Waals surface area contributed by atoms with E-state index >= 15 is 0 Å². The van der Waals surface area contributed by atoms with E-state index in [-0.39, 0.29) is 5.91 Å². The number of aromatic nitrogens is 5. The highest BCUT2D eigenvalue weighted by Gasteiger charge is 2.27. The van der Waals surface area contributed by atoms with E-state index in [9.17, 15) is 4.79 Å². The van der Waals surface area contributed by atoms with Crippen molar-refractivity contribution in [1.82, 2.24) is 29.8 Å². The number of hydrogen-bond acceptors (Lipinski definition) is 6. The van der Waals surface area contributed by atoms with E-state index in [0.29, 0.717) is 23.2 Å². The minimum absolute atomic E-state index is 0.0654. The topological polar surface area (TPSA) is 89.9 Å². The van der Waals surface area contributed by atoms with Crippen LogP contribution in [0.15, 0.2) is 41.4 Å². The lowest BCUT2D eigenvalue weighted by atomic mass is 10.0. The highest BCUT2D eigenvalue weighted by atomic mass is 16.5. The first-order valence-corrected chi connectivity index (χ1v) is 9.27. The summed E-state index contributed by atoms with van der Waals surface area (Å²) in [6.07, 6.45) is 9.56. The Morgan fingerprint density at radius 2 is 2.30 bits per heavy atom. The summed E-state index contributed by atoms with van der Waals surface area (Å²) in [4.78, 5) is 23.0. The van der Waals surface area contributed by atoms with Crippen molar-refractivity contribution in [3.63, 3.8) is 0 Å². The molecular weight excluding hydrogens is 344 g/mol. The predicted octanol–water partition coefficient (Wildman–Crippen LogP) is 2.44. The molecule has 1 aliphatic rings. The molecule has 0 radical (unpaired) electrons. The summed E-state index contributed by atoms with van der Waals surface area (Å²) in [5, 5.41) is 8.25. The van der Waals surface area contributed by atoms with Gasteiger partial charge in [-0.3, -0.25) is 14.5 Å². The van der Waals surface area contributed by atoms with E-state index in [0.717, 1.165) is 44.5 Å². The molecule has 1 unspecified atom stereocenters. The zero-order chi connectivity index (χ0) is 18.6. The van der Waals surface area contributed by atoms with Crippen molar-refractivity contribution < 1.29 is 9.32 Å². The van der Waals surface area contributed by atoms with Gasteiger partial charge in [0, 0.05) is 44.6 Å². The van der Waals surface area contributed by atoms with Crippen LogP contribution in [0.4, 0.5) is 0 Å². The Morgan fingerprint density at radius 1 is 1.37 bits per heavy atom. The molecule has 1 atom stereocenters. The van der Waals surface area contributed by atoms with Crippen molar-refractivity contribution in [2.75, 3.05) is 13.1 Å². The number of hydrogen-bond donors (Lipinski definition) is 0. The highest BCUT2D eigenvalue weighted by molar-refractivity contribution is 5.93. The Balaban J connectivity index is 1.30. The molecule has 0 spiro atoms. The standard InChI is InChI=1S/C19H22N6O2/c1-2-25-13-16(11-21-25)19(26)24-9-7-14(12-24)5-6-17-22-18(27-23-17)15-4-3-8-20-10-15/h3-4,8,10-11,13-14H,2,5-7,9,12H2,1H3. The molecule has 3 aromatic heterocycles. The van der Waals surface area contributed by atoms with Crippen LogP contribution in [0.2, 0.25) is 0 Å². The molecule has 0 aliphatic carbocycles. The minimum Gasteiger partial charge on any atom is -0.338 e. The van der Waals surface area contributed by atoms with Gasteiger partial charge in [-0.05, 0) is 37.8 Å². The maximum Gasteiger partial charge on any atom is 0.259 e. The van der Waals surface area contributed by atoms with Crippen LogP contribution in [0, 0.1) is 5.92 Å². The largest absolute Gasteiger partial charge is 0.338 e. The van der Waals surface area contributed by atoms with Crippen LogP contribution in [-0.2, 0) is 13.0 Å². The summed E-state index contributed by atoms with van der Waals surface area (Å²) in [5.74, 6) is 1.71. The van der Waals surface area contributed by atoms with E-state index in [1.807, 2.05) is 30.2 Å². The summed E-state index contributed by atoms with van der Waals surface area (Å²) in [7, 11) is 0. The summed E-state index contributed by atoms with van der Waals surface area (Å²) in [6.45, 7) is 4.32. The van der Waals surface area contributed by atoms with Gasteiger partial charge in [0.05, 0.1) is 17.3 Å². The fourth-order valence-corrected chi connectivity index (χ4v) is 3.38. The van der Waals surface area contributed by atoms with Gasteiger partial charge in [0.25, 0.3) is 11.8 Å². The van der Waals surface area contributed by atoms with Gasteiger partial charge in [0.15, 0.2) is 5.82 Å². The first-order valence-electron chi connectivity index (χ1n) is 9.27. The average molecular weight is 366 g/mol. The van der Waals surface area contributed by atoms with Crippen LogP contribution in [0.1, 0.15) is 35.9 Å². The molecule has 4 rings (SSSR count). The molecule has 0 saturated carbocycles. The van der Waals surface area contributed by atoms with E-state index in [4.69, 9.17) is 4.52 Å². The van der Waals surface area contributed by atoms with Crippen molar-refractivity contribution in [3.8, 4) is 11.5 Å². The Kier molecular flexibility index (Phi) is 4.95. The molecule has 1 aliphatic heterocycles. The summed E-state index contributed by atoms with van der Waals surface area (Å²) in [5.41, 5.74) is 1.48. The lowest BCUT2D eigenvalue weighted by Gasteiger charge is -2.15. The maximum absolute atomic E-state index is 12.6. The van der Waals surface area contributed by atoms with Gasteiger partial charge in [-0.2, -0.15) is 10.1 Å². The second-order valence-corrected chi connectivity index (χ2v) is 6.79. The van der Waals surface area contributed by atoms with Crippen LogP contribution in [0.5, 0.6) is 0 Å². The van der Waals surface area contributed by atoms with Gasteiger partial charge in [-0.15, -0.1) is 0 Å². The Morgan fingerprint density at radius 3 is 3.07 bits per heavy atom. The second-order valence-electron chi connectivity index (χ2n) is 6.79. The molecule has 0 N–H and O–H groups in total. The number of pyridine rings is 1. The Bertz CT molecular complexity index is 904. The van der Waals surface area contributed by atoms with Crippen LogP contribution >= 0.6 is 0 Å². The third-order valence-electron chi connectivity index (χ3n) is 4.93. The van der Waals surface area contributed by atoms with Gasteiger partial charge in [-0.25, -0.2) is 0 Å². The van der Waals surface area contributed by atoms with Crippen LogP contribution < -0.4 is 0 Å². The lowest BCUT2D eigenvalue weighted by molar-refractivity contribution is 0.0786. The van der Waals surface area contributed by atoms with E-state index in [1.165, 1.54) is 0 Å². The predicted molar refractivity (Wildman–Crippen MR) is 97.8 cm³/mol. The van der Waals surface area contributed by atoms with Crippen molar-refractivity contribution >= 4 is 5.91 Å². The third-order valence-corrected chi connectivity index (χ3v) is 4.93. The highest BCUT2D eigenvalue weighted by Crippen LogP contribution is 2.23. The fourth-order valence-electron chi connectivity index (χ4n) is 3.38. The van der Waals surface area contributed by atoms with E-state index < -0.39 is 0 Å². The molecule has 27 heavy (non-hydrogen) atoms. The number of carbonyl (C=O) groups is 1. The van der Waals surface area contributed by atoms with Crippen molar-refractivity contribution in [1.29, 1.82) is 0 Å². The van der Waals surface area contributed by atoms with Gasteiger partial charge >= 0.3 is 0 Å². The van der Waals surface area contributed by atoms with E-state index in [2.05, 4.69) is 20.2 Å². The molecule has 8 heteroatoms. The monoisotopic (exact) mass is 366 g/mol. The van der Waals surface area contributed by atoms with Crippen LogP contribution in [0.25, 0.3) is 11.5 Å². The maximum atomic E-state index is 12.6. The molecule has 1 saturated heterocycles. The molecule has 8 nitrogen and oxygen atoms in total. The molecule has 3 aromatic rings. The van der Waals surface area contributed by atoms with Gasteiger partial charge < -0.3 is 9.42 Å². The summed E-state index contributed by atoms with van der Waals surface area (Å²) >= 11 is 0. The first kappa shape index (κ1) is 17.4. The van der Waals surface area contributed by atoms with Crippen LogP contribution in [0.3, 0.4) is 0 Å². The van der Waals surface area contributed by atoms with Gasteiger partial charge in [0.2, 0.25) is 0 Å². The Labute approximate surface area is 157 Å². The average Bonchev–Trinajstić information content (AvgIpc) is 3.47. The zero-order valence-electron chi connectivity index (χ0n) is 15.3. The molecular formula is C19H22N6O2. The molecule has 4 heterocycles. The zero-order valence-corrected chi connectivity index (χ0v) is 15.3. The first-order chi connectivity index (χ1) is 13.2. The summed E-state index contributed by atoms with van der Waals surface area (Å²) < 4.78 is 7.10. The number of nitrogens with zero attached hydrogens (tertiary/aromatic N) is 6. The fraction of sp³-hybridized carbons (Fsp3) is 0.421. The van der Waals surface area contributed by atoms with Crippen molar-refractivity contribution in [3.05, 3.63) is 48.3 Å². The number of aryl methyl sites for hydroxylation is 2. The van der Waals surface area contributed by atoms with Crippen molar-refractivity contribution in [2.24, 2.45) is 5.92 Å².